The predicted octanol–water partition coefficient (Wildman–Crippen LogP) is 2.54. The molecule has 1 aliphatic heterocycles. The lowest BCUT2D eigenvalue weighted by molar-refractivity contribution is -0.164. The van der Waals surface area contributed by atoms with Crippen molar-refractivity contribution in [3.63, 3.8) is 0 Å². The van der Waals surface area contributed by atoms with Crippen LogP contribution in [0.1, 0.15) is 31.7 Å². The molecule has 0 bridgehead atoms. The van der Waals surface area contributed by atoms with E-state index in [4.69, 9.17) is 0 Å². The standard InChI is InChI=1S/C16H20F3NO3/c1-2-3-16(15(22)23)4-5-20(9-13(16)21)8-10-6-11(17)14(19)12(18)7-10/h6-7,13,21H,2-5,8-9H2,1H3,(H,22,23)/t13-,16-/m0/s1. The Morgan fingerprint density at radius 1 is 1.35 bits per heavy atom. The first-order valence-corrected chi connectivity index (χ1v) is 7.57. The zero-order valence-electron chi connectivity index (χ0n) is 12.9. The molecule has 1 heterocycles. The number of carboxylic acid groups (broad SMARTS) is 1. The van der Waals surface area contributed by atoms with Crippen molar-refractivity contribution in [3.05, 3.63) is 35.1 Å². The summed E-state index contributed by atoms with van der Waals surface area (Å²) in [6.45, 7) is 2.44. The van der Waals surface area contributed by atoms with Crippen LogP contribution in [-0.4, -0.2) is 40.3 Å². The maximum Gasteiger partial charge on any atom is 0.312 e. The van der Waals surface area contributed by atoms with Crippen molar-refractivity contribution >= 4 is 5.97 Å². The Bertz CT molecular complexity index is 573. The van der Waals surface area contributed by atoms with E-state index in [9.17, 15) is 28.2 Å². The maximum absolute atomic E-state index is 13.2. The number of carbonyl (C=O) groups is 1. The Hall–Kier alpha value is -1.60. The van der Waals surface area contributed by atoms with Crippen LogP contribution in [0, 0.1) is 22.9 Å². The van der Waals surface area contributed by atoms with E-state index in [0.29, 0.717) is 19.4 Å². The first-order valence-electron chi connectivity index (χ1n) is 7.57. The van der Waals surface area contributed by atoms with Crippen LogP contribution in [0.5, 0.6) is 0 Å². The fourth-order valence-corrected chi connectivity index (χ4v) is 3.23. The van der Waals surface area contributed by atoms with Gasteiger partial charge in [-0.25, -0.2) is 13.2 Å². The summed E-state index contributed by atoms with van der Waals surface area (Å²) in [5.74, 6) is -5.06. The molecule has 2 rings (SSSR count). The minimum absolute atomic E-state index is 0.0902. The zero-order chi connectivity index (χ0) is 17.2. The summed E-state index contributed by atoms with van der Waals surface area (Å²) in [6, 6.07) is 1.83. The number of hydrogen-bond donors (Lipinski definition) is 2. The van der Waals surface area contributed by atoms with Gasteiger partial charge in [0.05, 0.1) is 11.5 Å². The van der Waals surface area contributed by atoms with Gasteiger partial charge < -0.3 is 10.2 Å². The summed E-state index contributed by atoms with van der Waals surface area (Å²) < 4.78 is 39.4. The van der Waals surface area contributed by atoms with Crippen molar-refractivity contribution in [1.82, 2.24) is 4.90 Å². The molecule has 0 spiro atoms. The molecule has 1 aromatic carbocycles. The second-order valence-electron chi connectivity index (χ2n) is 6.09. The minimum atomic E-state index is -1.51. The lowest BCUT2D eigenvalue weighted by atomic mass is 9.73. The minimum Gasteiger partial charge on any atom is -0.481 e. The van der Waals surface area contributed by atoms with Crippen molar-refractivity contribution in [3.8, 4) is 0 Å². The molecule has 1 aromatic rings. The normalized spacial score (nSPS) is 25.5. The molecule has 0 aromatic heterocycles. The predicted molar refractivity (Wildman–Crippen MR) is 77.2 cm³/mol. The van der Waals surface area contributed by atoms with Crippen LogP contribution in [0.15, 0.2) is 12.1 Å². The smallest absolute Gasteiger partial charge is 0.312 e. The van der Waals surface area contributed by atoms with E-state index in [1.807, 2.05) is 6.92 Å². The number of rotatable bonds is 5. The van der Waals surface area contributed by atoms with Crippen molar-refractivity contribution in [2.45, 2.75) is 38.8 Å². The van der Waals surface area contributed by atoms with Crippen LogP contribution >= 0.6 is 0 Å². The fourth-order valence-electron chi connectivity index (χ4n) is 3.23. The lowest BCUT2D eigenvalue weighted by Gasteiger charge is -2.42. The van der Waals surface area contributed by atoms with Crippen molar-refractivity contribution in [1.29, 1.82) is 0 Å². The van der Waals surface area contributed by atoms with E-state index in [1.54, 1.807) is 4.90 Å². The van der Waals surface area contributed by atoms with E-state index < -0.39 is 34.9 Å². The molecule has 4 nitrogen and oxygen atoms in total. The molecular formula is C16H20F3NO3. The highest BCUT2D eigenvalue weighted by atomic mass is 19.2. The Labute approximate surface area is 132 Å². The van der Waals surface area contributed by atoms with Gasteiger partial charge in [0.25, 0.3) is 0 Å². The summed E-state index contributed by atoms with van der Waals surface area (Å²) in [4.78, 5) is 13.3. The summed E-state index contributed by atoms with van der Waals surface area (Å²) >= 11 is 0. The van der Waals surface area contributed by atoms with Crippen molar-refractivity contribution in [2.24, 2.45) is 5.41 Å². The topological polar surface area (TPSA) is 60.8 Å². The average Bonchev–Trinajstić information content (AvgIpc) is 2.47. The van der Waals surface area contributed by atoms with Crippen molar-refractivity contribution < 1.29 is 28.2 Å². The highest BCUT2D eigenvalue weighted by Crippen LogP contribution is 2.37. The lowest BCUT2D eigenvalue weighted by Crippen LogP contribution is -2.54. The molecule has 2 atom stereocenters. The van der Waals surface area contributed by atoms with Gasteiger partial charge >= 0.3 is 5.97 Å². The van der Waals surface area contributed by atoms with Gasteiger partial charge in [0.15, 0.2) is 17.5 Å². The highest BCUT2D eigenvalue weighted by molar-refractivity contribution is 5.75. The van der Waals surface area contributed by atoms with Gasteiger partial charge in [-0.15, -0.1) is 0 Å². The van der Waals surface area contributed by atoms with E-state index in [2.05, 4.69) is 0 Å². The number of carboxylic acids is 1. The molecule has 1 saturated heterocycles. The van der Waals surface area contributed by atoms with Gasteiger partial charge in [-0.05, 0) is 37.1 Å². The van der Waals surface area contributed by atoms with E-state index in [-0.39, 0.29) is 25.1 Å². The number of hydrogen-bond acceptors (Lipinski definition) is 3. The molecule has 0 unspecified atom stereocenters. The third-order valence-electron chi connectivity index (χ3n) is 4.51. The van der Waals surface area contributed by atoms with Crippen LogP contribution in [0.4, 0.5) is 13.2 Å². The Balaban J connectivity index is 2.10. The van der Waals surface area contributed by atoms with Crippen LogP contribution < -0.4 is 0 Å². The van der Waals surface area contributed by atoms with Gasteiger partial charge in [0, 0.05) is 13.1 Å². The van der Waals surface area contributed by atoms with Crippen LogP contribution in [0.25, 0.3) is 0 Å². The summed E-state index contributed by atoms with van der Waals surface area (Å²) in [5, 5.41) is 19.7. The highest BCUT2D eigenvalue weighted by Gasteiger charge is 2.47. The summed E-state index contributed by atoms with van der Waals surface area (Å²) in [5.41, 5.74) is -0.934. The molecule has 0 aliphatic carbocycles. The molecular weight excluding hydrogens is 311 g/mol. The van der Waals surface area contributed by atoms with Crippen LogP contribution in [0.3, 0.4) is 0 Å². The molecule has 0 radical (unpaired) electrons. The molecule has 2 N–H and O–H groups in total. The van der Waals surface area contributed by atoms with E-state index in [0.717, 1.165) is 12.1 Å². The fraction of sp³-hybridized carbons (Fsp3) is 0.562. The van der Waals surface area contributed by atoms with Gasteiger partial charge in [0.2, 0.25) is 0 Å². The van der Waals surface area contributed by atoms with Gasteiger partial charge in [-0.2, -0.15) is 0 Å². The molecule has 0 saturated carbocycles. The second kappa shape index (κ2) is 6.88. The Morgan fingerprint density at radius 2 is 1.96 bits per heavy atom. The number of piperidine rings is 1. The quantitative estimate of drug-likeness (QED) is 0.814. The van der Waals surface area contributed by atoms with E-state index in [1.165, 1.54) is 0 Å². The first kappa shape index (κ1) is 17.7. The molecule has 23 heavy (non-hydrogen) atoms. The maximum atomic E-state index is 13.2. The monoisotopic (exact) mass is 331 g/mol. The number of aliphatic hydroxyl groups excluding tert-OH is 1. The largest absolute Gasteiger partial charge is 0.481 e. The number of aliphatic hydroxyl groups is 1. The molecule has 128 valence electrons. The molecule has 0 amide bonds. The van der Waals surface area contributed by atoms with Crippen LogP contribution in [0.2, 0.25) is 0 Å². The number of halogens is 3. The molecule has 1 aliphatic rings. The van der Waals surface area contributed by atoms with Crippen LogP contribution in [-0.2, 0) is 11.3 Å². The SMILES string of the molecule is CCC[C@]1(C(=O)O)CCN(Cc2cc(F)c(F)c(F)c2)C[C@@H]1O. The molecule has 7 heteroatoms. The Kier molecular flexibility index (Phi) is 5.31. The number of aliphatic carboxylic acids is 1. The van der Waals surface area contributed by atoms with E-state index >= 15 is 0 Å². The van der Waals surface area contributed by atoms with Gasteiger partial charge in [-0.3, -0.25) is 9.69 Å². The molecule has 1 fully saturated rings. The number of benzene rings is 1. The number of β-amino-alcohol motifs (C(OH)–C–C–N with tert-alkyl or cyclic N) is 1. The van der Waals surface area contributed by atoms with Crippen molar-refractivity contribution in [2.75, 3.05) is 13.1 Å². The summed E-state index contributed by atoms with van der Waals surface area (Å²) in [6.07, 6.45) is 0.196. The average molecular weight is 331 g/mol. The van der Waals surface area contributed by atoms with Gasteiger partial charge in [0.1, 0.15) is 0 Å². The third kappa shape index (κ3) is 3.50. The third-order valence-corrected chi connectivity index (χ3v) is 4.51. The number of likely N-dealkylation sites (tertiary alicyclic amines) is 1. The number of nitrogens with zero attached hydrogens (tertiary/aromatic N) is 1. The Morgan fingerprint density at radius 3 is 2.43 bits per heavy atom. The second-order valence-corrected chi connectivity index (χ2v) is 6.09. The summed E-state index contributed by atoms with van der Waals surface area (Å²) in [7, 11) is 0. The first-order chi connectivity index (χ1) is 10.8. The van der Waals surface area contributed by atoms with Gasteiger partial charge in [-0.1, -0.05) is 13.3 Å². The zero-order valence-corrected chi connectivity index (χ0v) is 12.9.